The third-order valence-corrected chi connectivity index (χ3v) is 6.13. The molecule has 8 heteroatoms. The third kappa shape index (κ3) is 3.27. The van der Waals surface area contributed by atoms with Crippen LogP contribution in [0.5, 0.6) is 0 Å². The van der Waals surface area contributed by atoms with E-state index in [0.717, 1.165) is 31.0 Å². The highest BCUT2D eigenvalue weighted by Crippen LogP contribution is 2.28. The Balaban J connectivity index is 1.43. The fourth-order valence-corrected chi connectivity index (χ4v) is 4.45. The number of pyridine rings is 1. The highest BCUT2D eigenvalue weighted by molar-refractivity contribution is 5.92. The lowest BCUT2D eigenvalue weighted by Gasteiger charge is -2.38. The monoisotopic (exact) mass is 393 g/mol. The fourth-order valence-electron chi connectivity index (χ4n) is 4.45. The Kier molecular flexibility index (Phi) is 4.50. The van der Waals surface area contributed by atoms with Gasteiger partial charge in [-0.3, -0.25) is 18.8 Å². The Morgan fingerprint density at radius 2 is 1.90 bits per heavy atom. The van der Waals surface area contributed by atoms with E-state index in [1.165, 1.54) is 18.7 Å². The van der Waals surface area contributed by atoms with Crippen molar-refractivity contribution in [2.75, 3.05) is 44.7 Å². The number of imidazole rings is 1. The molecule has 0 N–H and O–H groups in total. The van der Waals surface area contributed by atoms with E-state index in [9.17, 15) is 4.79 Å². The zero-order chi connectivity index (χ0) is 20.0. The molecule has 0 saturated carbocycles. The second-order valence-electron chi connectivity index (χ2n) is 8.09. The van der Waals surface area contributed by atoms with Crippen LogP contribution in [0.4, 0.5) is 5.82 Å². The van der Waals surface area contributed by atoms with E-state index in [1.54, 1.807) is 10.7 Å². The maximum Gasteiger partial charge on any atom is 0.274 e. The zero-order valence-electron chi connectivity index (χ0n) is 17.0. The molecule has 0 aromatic carbocycles. The molecule has 1 atom stereocenters. The van der Waals surface area contributed by atoms with Gasteiger partial charge >= 0.3 is 0 Å². The standard InChI is InChI=1S/C21H27N7O/c1-24-12-13-27(21(29)16-8-11-25(2)23-16)15-18(24)17-14-28-19(22-17)6-5-7-20(28)26-9-3-4-10-26/h5-8,11,14,18H,3-4,9-10,12-13,15H2,1-2H3/t18-/m0/s1. The molecule has 3 aromatic rings. The van der Waals surface area contributed by atoms with Crippen molar-refractivity contribution in [2.45, 2.75) is 18.9 Å². The minimum absolute atomic E-state index is 0.00906. The third-order valence-electron chi connectivity index (χ3n) is 6.13. The molecule has 5 heterocycles. The van der Waals surface area contributed by atoms with E-state index < -0.39 is 0 Å². The predicted octanol–water partition coefficient (Wildman–Crippen LogP) is 1.80. The second kappa shape index (κ2) is 7.18. The summed E-state index contributed by atoms with van der Waals surface area (Å²) < 4.78 is 3.87. The molecule has 29 heavy (non-hydrogen) atoms. The number of hydrogen-bond donors (Lipinski definition) is 0. The van der Waals surface area contributed by atoms with Gasteiger partial charge in [0.15, 0.2) is 0 Å². The summed E-state index contributed by atoms with van der Waals surface area (Å²) in [5.41, 5.74) is 2.48. The molecule has 0 radical (unpaired) electrons. The molecule has 2 aliphatic heterocycles. The van der Waals surface area contributed by atoms with E-state index in [4.69, 9.17) is 4.98 Å². The van der Waals surface area contributed by atoms with Crippen LogP contribution in [-0.4, -0.2) is 74.6 Å². The summed E-state index contributed by atoms with van der Waals surface area (Å²) in [6.07, 6.45) is 6.45. The number of piperazine rings is 1. The van der Waals surface area contributed by atoms with Gasteiger partial charge in [0.05, 0.1) is 11.7 Å². The van der Waals surface area contributed by atoms with Crippen LogP contribution in [0.15, 0.2) is 36.7 Å². The van der Waals surface area contributed by atoms with Gasteiger partial charge in [0.1, 0.15) is 17.2 Å². The maximum absolute atomic E-state index is 12.9. The summed E-state index contributed by atoms with van der Waals surface area (Å²) in [7, 11) is 3.94. The summed E-state index contributed by atoms with van der Waals surface area (Å²) in [5.74, 6) is 1.20. The largest absolute Gasteiger partial charge is 0.358 e. The Bertz CT molecular complexity index is 1030. The quantitative estimate of drug-likeness (QED) is 0.679. The average molecular weight is 393 g/mol. The minimum Gasteiger partial charge on any atom is -0.358 e. The van der Waals surface area contributed by atoms with E-state index in [2.05, 4.69) is 50.7 Å². The van der Waals surface area contributed by atoms with E-state index >= 15 is 0 Å². The van der Waals surface area contributed by atoms with Gasteiger partial charge in [0.2, 0.25) is 0 Å². The minimum atomic E-state index is -0.00906. The van der Waals surface area contributed by atoms with Gasteiger partial charge in [-0.25, -0.2) is 4.98 Å². The predicted molar refractivity (Wildman–Crippen MR) is 111 cm³/mol. The molecule has 152 valence electrons. The molecule has 2 fully saturated rings. The normalized spacial score (nSPS) is 20.7. The van der Waals surface area contributed by atoms with E-state index in [-0.39, 0.29) is 11.9 Å². The summed E-state index contributed by atoms with van der Waals surface area (Å²) in [4.78, 5) is 24.4. The van der Waals surface area contributed by atoms with Crippen molar-refractivity contribution < 1.29 is 4.79 Å². The Morgan fingerprint density at radius 1 is 1.07 bits per heavy atom. The lowest BCUT2D eigenvalue weighted by Crippen LogP contribution is -2.49. The molecule has 1 amide bonds. The summed E-state index contributed by atoms with van der Waals surface area (Å²) in [6, 6.07) is 8.17. The molecule has 2 aliphatic rings. The molecule has 0 spiro atoms. The number of nitrogens with zero attached hydrogens (tertiary/aromatic N) is 7. The summed E-state index contributed by atoms with van der Waals surface area (Å²) in [6.45, 7) is 4.34. The van der Waals surface area contributed by atoms with Crippen LogP contribution in [0.1, 0.15) is 35.1 Å². The van der Waals surface area contributed by atoms with Crippen LogP contribution < -0.4 is 4.90 Å². The Labute approximate surface area is 170 Å². The smallest absolute Gasteiger partial charge is 0.274 e. The topological polar surface area (TPSA) is 61.9 Å². The second-order valence-corrected chi connectivity index (χ2v) is 8.09. The van der Waals surface area contributed by atoms with Crippen LogP contribution in [0.3, 0.4) is 0 Å². The highest BCUT2D eigenvalue weighted by Gasteiger charge is 2.31. The molecule has 0 aliphatic carbocycles. The number of aryl methyl sites for hydroxylation is 1. The van der Waals surface area contributed by atoms with Crippen LogP contribution in [0.2, 0.25) is 0 Å². The first-order valence-corrected chi connectivity index (χ1v) is 10.3. The van der Waals surface area contributed by atoms with Crippen molar-refractivity contribution in [2.24, 2.45) is 7.05 Å². The summed E-state index contributed by atoms with van der Waals surface area (Å²) >= 11 is 0. The lowest BCUT2D eigenvalue weighted by molar-refractivity contribution is 0.0534. The average Bonchev–Trinajstić information content (AvgIpc) is 3.47. The lowest BCUT2D eigenvalue weighted by atomic mass is 10.1. The van der Waals surface area contributed by atoms with Crippen molar-refractivity contribution >= 4 is 17.4 Å². The van der Waals surface area contributed by atoms with Gasteiger partial charge in [0, 0.05) is 52.2 Å². The first-order chi connectivity index (χ1) is 14.1. The number of likely N-dealkylation sites (N-methyl/N-ethyl adjacent to an activating group) is 1. The summed E-state index contributed by atoms with van der Waals surface area (Å²) in [5, 5.41) is 4.28. The SMILES string of the molecule is CN1CCN(C(=O)c2ccn(C)n2)C[C@H]1c1cn2c(N3CCCC3)cccc2n1. The van der Waals surface area contributed by atoms with Crippen LogP contribution in [0.25, 0.3) is 5.65 Å². The van der Waals surface area contributed by atoms with Crippen LogP contribution >= 0.6 is 0 Å². The van der Waals surface area contributed by atoms with E-state index in [0.29, 0.717) is 18.8 Å². The number of rotatable bonds is 3. The number of amides is 1. The maximum atomic E-state index is 12.9. The molecule has 2 saturated heterocycles. The first-order valence-electron chi connectivity index (χ1n) is 10.3. The number of aromatic nitrogens is 4. The molecular weight excluding hydrogens is 366 g/mol. The number of hydrogen-bond acceptors (Lipinski definition) is 5. The molecule has 0 bridgehead atoms. The van der Waals surface area contributed by atoms with Crippen molar-refractivity contribution in [1.29, 1.82) is 0 Å². The van der Waals surface area contributed by atoms with E-state index in [1.807, 2.05) is 18.1 Å². The first kappa shape index (κ1) is 18.2. The Hall–Kier alpha value is -2.87. The van der Waals surface area contributed by atoms with Gasteiger partial charge in [-0.05, 0) is 38.1 Å². The van der Waals surface area contributed by atoms with Crippen LogP contribution in [0, 0.1) is 0 Å². The number of anilines is 1. The van der Waals surface area contributed by atoms with Gasteiger partial charge in [-0.1, -0.05) is 6.07 Å². The van der Waals surface area contributed by atoms with Gasteiger partial charge in [-0.2, -0.15) is 5.10 Å². The van der Waals surface area contributed by atoms with Gasteiger partial charge in [-0.15, -0.1) is 0 Å². The highest BCUT2D eigenvalue weighted by atomic mass is 16.2. The fraction of sp³-hybridized carbons (Fsp3) is 0.476. The van der Waals surface area contributed by atoms with Crippen molar-refractivity contribution in [3.05, 3.63) is 48.0 Å². The van der Waals surface area contributed by atoms with Crippen LogP contribution in [-0.2, 0) is 7.05 Å². The van der Waals surface area contributed by atoms with Gasteiger partial charge in [0.25, 0.3) is 5.91 Å². The molecule has 5 rings (SSSR count). The number of carbonyl (C=O) groups is 1. The number of fused-ring (bicyclic) bond motifs is 1. The van der Waals surface area contributed by atoms with Gasteiger partial charge < -0.3 is 9.80 Å². The molecule has 8 nitrogen and oxygen atoms in total. The van der Waals surface area contributed by atoms with Crippen molar-refractivity contribution in [3.63, 3.8) is 0 Å². The molecular formula is C21H27N7O. The van der Waals surface area contributed by atoms with Crippen molar-refractivity contribution in [3.8, 4) is 0 Å². The molecule has 0 unspecified atom stereocenters. The number of carbonyl (C=O) groups excluding carboxylic acids is 1. The Morgan fingerprint density at radius 3 is 2.66 bits per heavy atom. The zero-order valence-corrected chi connectivity index (χ0v) is 17.0. The molecule has 3 aromatic heterocycles. The van der Waals surface area contributed by atoms with Crippen molar-refractivity contribution in [1.82, 2.24) is 29.0 Å².